The molecule has 254 valence electrons. The van der Waals surface area contributed by atoms with E-state index in [0.29, 0.717) is 11.1 Å². The molecular formula is C49H28N6. The molecule has 7 aromatic carbocycles. The van der Waals surface area contributed by atoms with Crippen LogP contribution in [-0.4, -0.2) is 18.7 Å². The van der Waals surface area contributed by atoms with Crippen LogP contribution in [0.4, 0.5) is 0 Å². The quantitative estimate of drug-likeness (QED) is 0.183. The van der Waals surface area contributed by atoms with Gasteiger partial charge in [-0.1, -0.05) is 72.8 Å². The predicted molar refractivity (Wildman–Crippen MR) is 222 cm³/mol. The van der Waals surface area contributed by atoms with E-state index in [-0.39, 0.29) is 0 Å². The molecule has 0 amide bonds. The number of aromatic nitrogens is 4. The Morgan fingerprint density at radius 3 is 1.91 bits per heavy atom. The molecule has 0 N–H and O–H groups in total. The third kappa shape index (κ3) is 4.50. The van der Waals surface area contributed by atoms with Crippen molar-refractivity contribution in [2.75, 3.05) is 0 Å². The molecule has 4 aromatic heterocycles. The smallest absolute Gasteiger partial charge is 0.145 e. The largest absolute Gasteiger partial charge is 0.309 e. The number of benzene rings is 7. The van der Waals surface area contributed by atoms with Crippen LogP contribution in [0.1, 0.15) is 11.1 Å². The first-order chi connectivity index (χ1) is 27.2. The van der Waals surface area contributed by atoms with Crippen LogP contribution < -0.4 is 0 Å². The summed E-state index contributed by atoms with van der Waals surface area (Å²) in [5.74, 6) is 0. The van der Waals surface area contributed by atoms with Gasteiger partial charge in [-0.25, -0.2) is 4.98 Å². The van der Waals surface area contributed by atoms with Crippen LogP contribution in [-0.2, 0) is 0 Å². The zero-order valence-electron chi connectivity index (χ0n) is 29.3. The summed E-state index contributed by atoms with van der Waals surface area (Å²) in [5.41, 5.74) is 12.3. The summed E-state index contributed by atoms with van der Waals surface area (Å²) in [6.07, 6.45) is 1.86. The normalized spacial score (nSPS) is 11.6. The van der Waals surface area contributed by atoms with Gasteiger partial charge < -0.3 is 9.13 Å². The molecule has 0 radical (unpaired) electrons. The van der Waals surface area contributed by atoms with E-state index in [4.69, 9.17) is 4.98 Å². The number of hydrogen-bond donors (Lipinski definition) is 0. The maximum atomic E-state index is 10.3. The van der Waals surface area contributed by atoms with Gasteiger partial charge in [0.2, 0.25) is 0 Å². The van der Waals surface area contributed by atoms with Crippen LogP contribution >= 0.6 is 0 Å². The second-order valence-electron chi connectivity index (χ2n) is 13.9. The fourth-order valence-electron chi connectivity index (χ4n) is 8.61. The van der Waals surface area contributed by atoms with Crippen LogP contribution in [0.15, 0.2) is 170 Å². The lowest BCUT2D eigenvalue weighted by Crippen LogP contribution is -1.98. The highest BCUT2D eigenvalue weighted by atomic mass is 15.1. The molecule has 0 aliphatic rings. The Bertz CT molecular complexity index is 3460. The minimum atomic E-state index is 0.562. The SMILES string of the molecule is N#Cc1cc(-c2cccc(-n3c4ncccc4c4ccc5c(c6ccccc6n5-c5ccccc5)c43)c2)cc(-n2c3ccccc3c3cc(C#N)ccc32)c1. The zero-order valence-corrected chi connectivity index (χ0v) is 29.3. The first-order valence-corrected chi connectivity index (χ1v) is 18.2. The standard InChI is InChI=1S/C49H28N6/c50-29-31-19-21-45-42(26-31)38-14-4-6-17-43(38)54(45)37-25-32(30-51)24-34(28-37)33-10-8-13-36(27-33)55-48-39(40-16-9-23-52-49(40)55)20-22-46-47(48)41-15-5-7-18-44(41)53(46)35-11-2-1-3-12-35/h1-28H. The molecule has 0 aliphatic heterocycles. The third-order valence-corrected chi connectivity index (χ3v) is 10.9. The Kier molecular flexibility index (Phi) is 6.58. The maximum absolute atomic E-state index is 10.3. The molecule has 6 nitrogen and oxygen atoms in total. The van der Waals surface area contributed by atoms with Gasteiger partial charge in [0.15, 0.2) is 0 Å². The molecule has 4 heterocycles. The van der Waals surface area contributed by atoms with Gasteiger partial charge in [-0.15, -0.1) is 0 Å². The number of nitrogens with zero attached hydrogens (tertiary/aromatic N) is 6. The fourth-order valence-corrected chi connectivity index (χ4v) is 8.61. The van der Waals surface area contributed by atoms with Gasteiger partial charge in [0, 0.05) is 55.6 Å². The van der Waals surface area contributed by atoms with E-state index in [1.165, 1.54) is 10.8 Å². The number of nitriles is 2. The van der Waals surface area contributed by atoms with Crippen LogP contribution in [0.25, 0.3) is 93.7 Å². The lowest BCUT2D eigenvalue weighted by Gasteiger charge is -2.13. The van der Waals surface area contributed by atoms with Crippen molar-refractivity contribution < 1.29 is 0 Å². The second kappa shape index (κ2) is 11.8. The topological polar surface area (TPSA) is 75.3 Å². The van der Waals surface area contributed by atoms with Gasteiger partial charge >= 0.3 is 0 Å². The van der Waals surface area contributed by atoms with Gasteiger partial charge in [-0.05, 0) is 102 Å². The molecule has 0 fully saturated rings. The van der Waals surface area contributed by atoms with E-state index in [0.717, 1.165) is 83.0 Å². The summed E-state index contributed by atoms with van der Waals surface area (Å²) < 4.78 is 6.84. The first kappa shape index (κ1) is 30.7. The molecule has 0 saturated heterocycles. The highest BCUT2D eigenvalue weighted by Gasteiger charge is 2.22. The minimum Gasteiger partial charge on any atom is -0.309 e. The van der Waals surface area contributed by atoms with Gasteiger partial charge in [-0.2, -0.15) is 10.5 Å². The van der Waals surface area contributed by atoms with E-state index < -0.39 is 0 Å². The van der Waals surface area contributed by atoms with Crippen LogP contribution in [0, 0.1) is 22.7 Å². The number of hydrogen-bond acceptors (Lipinski definition) is 3. The molecule has 0 unspecified atom stereocenters. The highest BCUT2D eigenvalue weighted by molar-refractivity contribution is 6.25. The van der Waals surface area contributed by atoms with Crippen LogP contribution in [0.3, 0.4) is 0 Å². The van der Waals surface area contributed by atoms with Crippen molar-refractivity contribution in [1.29, 1.82) is 10.5 Å². The van der Waals surface area contributed by atoms with Crippen molar-refractivity contribution in [2.24, 2.45) is 0 Å². The summed E-state index contributed by atoms with van der Waals surface area (Å²) in [7, 11) is 0. The van der Waals surface area contributed by atoms with E-state index in [2.05, 4.69) is 141 Å². The third-order valence-electron chi connectivity index (χ3n) is 10.9. The van der Waals surface area contributed by atoms with E-state index >= 15 is 0 Å². The lowest BCUT2D eigenvalue weighted by molar-refractivity contribution is 1.14. The average molecular weight is 701 g/mol. The summed E-state index contributed by atoms with van der Waals surface area (Å²) in [4.78, 5) is 4.98. The summed E-state index contributed by atoms with van der Waals surface area (Å²) in [5, 5.41) is 26.6. The van der Waals surface area contributed by atoms with Crippen molar-refractivity contribution in [1.82, 2.24) is 18.7 Å². The van der Waals surface area contributed by atoms with Gasteiger partial charge in [0.25, 0.3) is 0 Å². The van der Waals surface area contributed by atoms with Crippen molar-refractivity contribution >= 4 is 65.5 Å². The average Bonchev–Trinajstić information content (AvgIpc) is 3.89. The van der Waals surface area contributed by atoms with E-state index in [9.17, 15) is 10.5 Å². The van der Waals surface area contributed by atoms with Crippen molar-refractivity contribution in [2.45, 2.75) is 0 Å². The molecule has 0 saturated carbocycles. The Morgan fingerprint density at radius 1 is 0.400 bits per heavy atom. The van der Waals surface area contributed by atoms with Gasteiger partial charge in [-0.3, -0.25) is 4.57 Å². The number of para-hydroxylation sites is 3. The molecular weight excluding hydrogens is 673 g/mol. The minimum absolute atomic E-state index is 0.562. The summed E-state index contributed by atoms with van der Waals surface area (Å²) >= 11 is 0. The monoisotopic (exact) mass is 700 g/mol. The molecule has 55 heavy (non-hydrogen) atoms. The van der Waals surface area contributed by atoms with E-state index in [1.807, 2.05) is 54.7 Å². The van der Waals surface area contributed by atoms with Crippen LogP contribution in [0.5, 0.6) is 0 Å². The van der Waals surface area contributed by atoms with Gasteiger partial charge in [0.1, 0.15) is 5.65 Å². The van der Waals surface area contributed by atoms with E-state index in [1.54, 1.807) is 0 Å². The number of pyridine rings is 1. The van der Waals surface area contributed by atoms with Crippen molar-refractivity contribution in [3.8, 4) is 40.3 Å². The molecule has 6 heteroatoms. The molecule has 11 rings (SSSR count). The predicted octanol–water partition coefficient (Wildman–Crippen LogP) is 11.8. The number of fused-ring (bicyclic) bond motifs is 10. The summed E-state index contributed by atoms with van der Waals surface area (Å²) in [6.45, 7) is 0. The Balaban J connectivity index is 1.17. The summed E-state index contributed by atoms with van der Waals surface area (Å²) in [6, 6.07) is 61.1. The molecule has 0 bridgehead atoms. The first-order valence-electron chi connectivity index (χ1n) is 18.2. The second-order valence-corrected chi connectivity index (χ2v) is 13.9. The maximum Gasteiger partial charge on any atom is 0.145 e. The molecule has 0 aliphatic carbocycles. The number of rotatable bonds is 4. The Hall–Kier alpha value is -7.93. The van der Waals surface area contributed by atoms with Gasteiger partial charge in [0.05, 0.1) is 50.8 Å². The zero-order chi connectivity index (χ0) is 36.6. The van der Waals surface area contributed by atoms with Crippen molar-refractivity contribution in [3.05, 3.63) is 181 Å². The fraction of sp³-hybridized carbons (Fsp3) is 0. The lowest BCUT2D eigenvalue weighted by atomic mass is 10.0. The Morgan fingerprint density at radius 2 is 1.07 bits per heavy atom. The molecule has 11 aromatic rings. The Labute approximate surface area is 315 Å². The highest BCUT2D eigenvalue weighted by Crippen LogP contribution is 2.42. The molecule has 0 atom stereocenters. The van der Waals surface area contributed by atoms with Crippen molar-refractivity contribution in [3.63, 3.8) is 0 Å². The van der Waals surface area contributed by atoms with Crippen LogP contribution in [0.2, 0.25) is 0 Å². The molecule has 0 spiro atoms.